The molecule has 172 valence electrons. The molecule has 1 unspecified atom stereocenters. The number of hydrogen-bond acceptors (Lipinski definition) is 4. The number of carbonyl (C=O) groups is 1. The molecule has 2 aromatic carbocycles. The number of hydrogen-bond donors (Lipinski definition) is 1. The molecule has 3 fully saturated rings. The second kappa shape index (κ2) is 9.52. The summed E-state index contributed by atoms with van der Waals surface area (Å²) in [5, 5.41) is 4.55. The summed E-state index contributed by atoms with van der Waals surface area (Å²) < 4.78 is 5.76. The molecule has 0 radical (unpaired) electrons. The monoisotopic (exact) mass is 443 g/mol. The molecule has 3 aliphatic rings. The lowest BCUT2D eigenvalue weighted by Crippen LogP contribution is -2.57. The van der Waals surface area contributed by atoms with Crippen LogP contribution in [0.1, 0.15) is 55.1 Å². The molecule has 5 atom stereocenters. The van der Waals surface area contributed by atoms with Crippen molar-refractivity contribution in [2.75, 3.05) is 19.7 Å². The molecule has 1 amide bonds. The number of pyridine rings is 1. The number of fused-ring (bicyclic) bond motifs is 4. The molecule has 0 saturated carbocycles. The maximum atomic E-state index is 13.6. The van der Waals surface area contributed by atoms with E-state index in [1.807, 2.05) is 49.5 Å². The topological polar surface area (TPSA) is 54.5 Å². The van der Waals surface area contributed by atoms with Gasteiger partial charge in [0.1, 0.15) is 5.75 Å². The Balaban J connectivity index is 1.53. The van der Waals surface area contributed by atoms with Crippen molar-refractivity contribution < 1.29 is 9.53 Å². The first kappa shape index (κ1) is 21.9. The molecule has 3 aliphatic heterocycles. The van der Waals surface area contributed by atoms with Crippen LogP contribution in [0.2, 0.25) is 0 Å². The van der Waals surface area contributed by atoms with Crippen molar-refractivity contribution in [2.45, 2.75) is 45.2 Å². The minimum Gasteiger partial charge on any atom is -0.493 e. The summed E-state index contributed by atoms with van der Waals surface area (Å²) in [6.07, 6.45) is 5.48. The standard InChI is InChI=1S/C28H33N3O2/c1-3-19-18-31-16-14-20(19)17-25(31)27(22-13-15-29-24-11-7-5-9-21(22)24)30-28(32)23-10-6-8-12-26(23)33-4-2/h5-13,15,19-20,25,27H,3-4,14,16-18H2,1-2H3,(H,30,32)/t19-,20-,25+,27+/m0/s1. The Labute approximate surface area is 196 Å². The third-order valence-electron chi connectivity index (χ3n) is 7.58. The van der Waals surface area contributed by atoms with Gasteiger partial charge in [0, 0.05) is 24.2 Å². The van der Waals surface area contributed by atoms with E-state index in [2.05, 4.69) is 40.3 Å². The Bertz CT molecular complexity index is 1130. The third kappa shape index (κ3) is 4.22. The molecule has 5 nitrogen and oxygen atoms in total. The van der Waals surface area contributed by atoms with Crippen molar-refractivity contribution in [3.8, 4) is 5.75 Å². The summed E-state index contributed by atoms with van der Waals surface area (Å²) in [5.74, 6) is 2.04. The van der Waals surface area contributed by atoms with Gasteiger partial charge in [0.2, 0.25) is 0 Å². The fourth-order valence-electron chi connectivity index (χ4n) is 5.91. The first-order valence-corrected chi connectivity index (χ1v) is 12.3. The van der Waals surface area contributed by atoms with Gasteiger partial charge in [-0.3, -0.25) is 14.7 Å². The lowest BCUT2D eigenvalue weighted by Gasteiger charge is -2.52. The van der Waals surface area contributed by atoms with Crippen molar-refractivity contribution in [2.24, 2.45) is 11.8 Å². The van der Waals surface area contributed by atoms with E-state index in [0.29, 0.717) is 17.9 Å². The maximum absolute atomic E-state index is 13.6. The quantitative estimate of drug-likeness (QED) is 0.544. The number of aromatic nitrogens is 1. The largest absolute Gasteiger partial charge is 0.493 e. The first-order chi connectivity index (χ1) is 16.2. The van der Waals surface area contributed by atoms with Crippen molar-refractivity contribution in [3.05, 3.63) is 71.9 Å². The Morgan fingerprint density at radius 3 is 2.76 bits per heavy atom. The highest BCUT2D eigenvalue weighted by atomic mass is 16.5. The van der Waals surface area contributed by atoms with Gasteiger partial charge in [0.25, 0.3) is 5.91 Å². The second-order valence-corrected chi connectivity index (χ2v) is 9.31. The summed E-state index contributed by atoms with van der Waals surface area (Å²) in [5.41, 5.74) is 2.70. The molecular formula is C28H33N3O2. The van der Waals surface area contributed by atoms with Crippen LogP contribution < -0.4 is 10.1 Å². The molecule has 0 spiro atoms. The van der Waals surface area contributed by atoms with Crippen LogP contribution in [0.25, 0.3) is 10.9 Å². The highest BCUT2D eigenvalue weighted by molar-refractivity contribution is 5.97. The first-order valence-electron chi connectivity index (χ1n) is 12.3. The van der Waals surface area contributed by atoms with E-state index in [1.165, 1.54) is 12.8 Å². The van der Waals surface area contributed by atoms with Crippen molar-refractivity contribution in [3.63, 3.8) is 0 Å². The SMILES string of the molecule is CCOc1ccccc1C(=O)N[C@H](c1ccnc2ccccc12)[C@H]1C[C@@H]2CCN1C[C@@H]2CC. The number of piperidine rings is 3. The van der Waals surface area contributed by atoms with Gasteiger partial charge in [-0.1, -0.05) is 43.7 Å². The Hall–Kier alpha value is -2.92. The summed E-state index contributed by atoms with van der Waals surface area (Å²) >= 11 is 0. The Kier molecular flexibility index (Phi) is 6.32. The average Bonchev–Trinajstić information content (AvgIpc) is 2.87. The van der Waals surface area contributed by atoms with E-state index < -0.39 is 0 Å². The number of rotatable bonds is 7. The number of nitrogens with one attached hydrogen (secondary N) is 1. The van der Waals surface area contributed by atoms with Crippen LogP contribution in [0.3, 0.4) is 0 Å². The molecule has 2 bridgehead atoms. The summed E-state index contributed by atoms with van der Waals surface area (Å²) in [6, 6.07) is 18.0. The highest BCUT2D eigenvalue weighted by Crippen LogP contribution is 2.43. The molecule has 6 rings (SSSR count). The van der Waals surface area contributed by atoms with Crippen LogP contribution in [0.5, 0.6) is 5.75 Å². The molecule has 3 aromatic rings. The van der Waals surface area contributed by atoms with E-state index in [0.717, 1.165) is 47.8 Å². The molecule has 1 aromatic heterocycles. The van der Waals surface area contributed by atoms with Crippen molar-refractivity contribution in [1.29, 1.82) is 0 Å². The normalized spacial score (nSPS) is 25.0. The van der Waals surface area contributed by atoms with Crippen LogP contribution in [0, 0.1) is 11.8 Å². The number of benzene rings is 2. The molecule has 1 N–H and O–H groups in total. The van der Waals surface area contributed by atoms with Crippen LogP contribution in [-0.2, 0) is 0 Å². The van der Waals surface area contributed by atoms with Gasteiger partial charge in [-0.2, -0.15) is 0 Å². The fraction of sp³-hybridized carbons (Fsp3) is 0.429. The summed E-state index contributed by atoms with van der Waals surface area (Å²) in [7, 11) is 0. The van der Waals surface area contributed by atoms with Gasteiger partial charge in [0.15, 0.2) is 0 Å². The van der Waals surface area contributed by atoms with Crippen LogP contribution >= 0.6 is 0 Å². The number of para-hydroxylation sites is 2. The number of carbonyl (C=O) groups excluding carboxylic acids is 1. The van der Waals surface area contributed by atoms with Gasteiger partial charge >= 0.3 is 0 Å². The molecule has 3 saturated heterocycles. The number of amides is 1. The zero-order valence-corrected chi connectivity index (χ0v) is 19.5. The predicted octanol–water partition coefficient (Wildman–Crippen LogP) is 5.23. The predicted molar refractivity (Wildman–Crippen MR) is 131 cm³/mol. The lowest BCUT2D eigenvalue weighted by molar-refractivity contribution is -0.0152. The van der Waals surface area contributed by atoms with Crippen molar-refractivity contribution in [1.82, 2.24) is 15.2 Å². The van der Waals surface area contributed by atoms with Crippen molar-refractivity contribution >= 4 is 16.8 Å². The summed E-state index contributed by atoms with van der Waals surface area (Å²) in [4.78, 5) is 20.8. The molecule has 4 heterocycles. The second-order valence-electron chi connectivity index (χ2n) is 9.31. The summed E-state index contributed by atoms with van der Waals surface area (Å²) in [6.45, 7) is 7.01. The minimum absolute atomic E-state index is 0.0837. The average molecular weight is 444 g/mol. The number of ether oxygens (including phenoxy) is 1. The van der Waals surface area contributed by atoms with E-state index in [4.69, 9.17) is 4.74 Å². The van der Waals surface area contributed by atoms with E-state index in [1.54, 1.807) is 0 Å². The maximum Gasteiger partial charge on any atom is 0.255 e. The molecule has 0 aliphatic carbocycles. The Morgan fingerprint density at radius 2 is 1.97 bits per heavy atom. The highest BCUT2D eigenvalue weighted by Gasteiger charge is 2.43. The number of nitrogens with zero attached hydrogens (tertiary/aromatic N) is 2. The molecule has 33 heavy (non-hydrogen) atoms. The zero-order valence-electron chi connectivity index (χ0n) is 19.5. The minimum atomic E-state index is -0.110. The van der Waals surface area contributed by atoms with Gasteiger partial charge in [-0.05, 0) is 68.0 Å². The third-order valence-corrected chi connectivity index (χ3v) is 7.58. The Morgan fingerprint density at radius 1 is 1.15 bits per heavy atom. The fourth-order valence-corrected chi connectivity index (χ4v) is 5.91. The smallest absolute Gasteiger partial charge is 0.255 e. The van der Waals surface area contributed by atoms with E-state index in [-0.39, 0.29) is 18.0 Å². The van der Waals surface area contributed by atoms with Gasteiger partial charge in [-0.15, -0.1) is 0 Å². The van der Waals surface area contributed by atoms with E-state index >= 15 is 0 Å². The van der Waals surface area contributed by atoms with Gasteiger partial charge in [0.05, 0.1) is 23.7 Å². The van der Waals surface area contributed by atoms with Crippen LogP contribution in [0.15, 0.2) is 60.8 Å². The lowest BCUT2D eigenvalue weighted by atomic mass is 9.72. The van der Waals surface area contributed by atoms with Crippen LogP contribution in [0.4, 0.5) is 0 Å². The molecular weight excluding hydrogens is 410 g/mol. The van der Waals surface area contributed by atoms with Gasteiger partial charge < -0.3 is 10.1 Å². The van der Waals surface area contributed by atoms with E-state index in [9.17, 15) is 4.79 Å². The zero-order chi connectivity index (χ0) is 22.8. The van der Waals surface area contributed by atoms with Gasteiger partial charge in [-0.25, -0.2) is 0 Å². The van der Waals surface area contributed by atoms with Crippen LogP contribution in [-0.4, -0.2) is 41.5 Å². The molecule has 5 heteroatoms.